The lowest BCUT2D eigenvalue weighted by atomic mass is 9.85. The molecule has 0 N–H and O–H groups in total. The van der Waals surface area contributed by atoms with Crippen molar-refractivity contribution < 1.29 is 0 Å². The molecular formula is C32H40N2. The molecule has 0 saturated heterocycles. The molecule has 3 aromatic carbocycles. The maximum absolute atomic E-state index is 2.64. The van der Waals surface area contributed by atoms with Gasteiger partial charge >= 0.3 is 0 Å². The summed E-state index contributed by atoms with van der Waals surface area (Å²) in [5, 5.41) is 0. The van der Waals surface area contributed by atoms with Gasteiger partial charge in [-0.25, -0.2) is 0 Å². The van der Waals surface area contributed by atoms with Crippen LogP contribution < -0.4 is 9.80 Å². The van der Waals surface area contributed by atoms with Crippen LogP contribution in [0, 0.1) is 12.8 Å². The molecule has 0 fully saturated rings. The summed E-state index contributed by atoms with van der Waals surface area (Å²) in [5.41, 5.74) is 11.6. The Morgan fingerprint density at radius 2 is 1.50 bits per heavy atom. The molecule has 2 nitrogen and oxygen atoms in total. The zero-order valence-corrected chi connectivity index (χ0v) is 21.5. The predicted molar refractivity (Wildman–Crippen MR) is 147 cm³/mol. The molecule has 34 heavy (non-hydrogen) atoms. The fourth-order valence-corrected chi connectivity index (χ4v) is 5.89. The minimum absolute atomic E-state index is 0.520. The molecule has 5 rings (SSSR count). The highest BCUT2D eigenvalue weighted by Gasteiger charge is 2.25. The van der Waals surface area contributed by atoms with Crippen LogP contribution >= 0.6 is 0 Å². The number of rotatable bonds is 7. The fraction of sp³-hybridized carbons (Fsp3) is 0.438. The van der Waals surface area contributed by atoms with Gasteiger partial charge in [-0.15, -0.1) is 0 Å². The molecule has 0 spiro atoms. The van der Waals surface area contributed by atoms with Crippen molar-refractivity contribution >= 4 is 17.1 Å². The highest BCUT2D eigenvalue weighted by molar-refractivity contribution is 5.65. The number of hydrogen-bond acceptors (Lipinski definition) is 2. The summed E-state index contributed by atoms with van der Waals surface area (Å²) in [5.74, 6) is 1.11. The molecule has 1 atom stereocenters. The lowest BCUT2D eigenvalue weighted by molar-refractivity contribution is 0.630. The van der Waals surface area contributed by atoms with E-state index in [1.54, 1.807) is 16.8 Å². The molecular weight excluding hydrogens is 412 g/mol. The zero-order chi connectivity index (χ0) is 23.7. The molecule has 2 aliphatic rings. The number of anilines is 3. The Hall–Kier alpha value is -2.74. The second kappa shape index (κ2) is 9.86. The molecule has 0 radical (unpaired) electrons. The average Bonchev–Trinajstić information content (AvgIpc) is 2.83. The number of nitrogens with zero attached hydrogens (tertiary/aromatic N) is 2. The normalized spacial score (nSPS) is 15.9. The van der Waals surface area contributed by atoms with E-state index in [1.807, 2.05) is 0 Å². The predicted octanol–water partition coefficient (Wildman–Crippen LogP) is 7.83. The van der Waals surface area contributed by atoms with Crippen molar-refractivity contribution in [3.63, 3.8) is 0 Å². The van der Waals surface area contributed by atoms with Gasteiger partial charge in [-0.1, -0.05) is 62.7 Å². The molecule has 178 valence electrons. The van der Waals surface area contributed by atoms with Crippen LogP contribution in [0.15, 0.2) is 60.7 Å². The van der Waals surface area contributed by atoms with Crippen molar-refractivity contribution in [3.8, 4) is 0 Å². The number of aryl methyl sites for hydroxylation is 3. The topological polar surface area (TPSA) is 6.48 Å². The molecule has 0 aromatic heterocycles. The fourth-order valence-electron chi connectivity index (χ4n) is 5.89. The third-order valence-electron chi connectivity index (χ3n) is 7.58. The molecule has 3 aromatic rings. The Balaban J connectivity index is 1.40. The molecule has 0 saturated carbocycles. The Bertz CT molecular complexity index is 1100. The molecule has 2 aliphatic heterocycles. The summed E-state index contributed by atoms with van der Waals surface area (Å²) >= 11 is 0. The van der Waals surface area contributed by atoms with E-state index in [4.69, 9.17) is 0 Å². The van der Waals surface area contributed by atoms with Gasteiger partial charge < -0.3 is 9.80 Å². The smallest absolute Gasteiger partial charge is 0.0431 e. The Morgan fingerprint density at radius 3 is 2.15 bits per heavy atom. The van der Waals surface area contributed by atoms with Gasteiger partial charge in [0.2, 0.25) is 0 Å². The van der Waals surface area contributed by atoms with Gasteiger partial charge in [0.05, 0.1) is 0 Å². The van der Waals surface area contributed by atoms with E-state index in [2.05, 4.69) is 98.2 Å². The summed E-state index contributed by atoms with van der Waals surface area (Å²) in [6.45, 7) is 12.7. The van der Waals surface area contributed by atoms with Crippen molar-refractivity contribution in [2.45, 2.75) is 65.7 Å². The van der Waals surface area contributed by atoms with Gasteiger partial charge in [-0.05, 0) is 97.4 Å². The van der Waals surface area contributed by atoms with Crippen LogP contribution in [0.3, 0.4) is 0 Å². The third kappa shape index (κ3) is 4.87. The van der Waals surface area contributed by atoms with Gasteiger partial charge in [-0.3, -0.25) is 0 Å². The second-order valence-corrected chi connectivity index (χ2v) is 11.0. The lowest BCUT2D eigenvalue weighted by Gasteiger charge is -2.37. The van der Waals surface area contributed by atoms with Crippen LogP contribution in [0.4, 0.5) is 17.1 Å². The largest absolute Gasteiger partial charge is 0.371 e. The van der Waals surface area contributed by atoms with Crippen molar-refractivity contribution in [1.82, 2.24) is 0 Å². The molecule has 1 unspecified atom stereocenters. The SMILES string of the molecule is Cc1ccc(N(CC(C)C)c2cccc(CC(C)c3cc4c5c(c3)CCCN5CCC4)c2)cc1. The van der Waals surface area contributed by atoms with Gasteiger partial charge in [0, 0.05) is 36.7 Å². The number of benzene rings is 3. The van der Waals surface area contributed by atoms with Crippen LogP contribution in [0.2, 0.25) is 0 Å². The van der Waals surface area contributed by atoms with Crippen molar-refractivity contribution in [2.24, 2.45) is 5.92 Å². The van der Waals surface area contributed by atoms with Crippen LogP contribution in [-0.4, -0.2) is 19.6 Å². The maximum atomic E-state index is 2.64. The Labute approximate surface area is 206 Å². The van der Waals surface area contributed by atoms with E-state index in [1.165, 1.54) is 66.8 Å². The maximum Gasteiger partial charge on any atom is 0.0431 e. The van der Waals surface area contributed by atoms with Gasteiger partial charge in [0.15, 0.2) is 0 Å². The summed E-state index contributed by atoms with van der Waals surface area (Å²) in [4.78, 5) is 5.12. The number of hydrogen-bond donors (Lipinski definition) is 0. The first kappa shape index (κ1) is 23.0. The Morgan fingerprint density at radius 1 is 0.824 bits per heavy atom. The van der Waals surface area contributed by atoms with Gasteiger partial charge in [-0.2, -0.15) is 0 Å². The standard InChI is InChI=1S/C32H40N2/c1-23(2)22-34(30-14-12-24(3)13-15-30)31-11-5-8-26(19-31)18-25(4)29-20-27-9-6-16-33-17-7-10-28(21-29)32(27)33/h5,8,11-15,19-21,23,25H,6-7,9-10,16-18,22H2,1-4H3. The van der Waals surface area contributed by atoms with Crippen molar-refractivity contribution in [2.75, 3.05) is 29.4 Å². The van der Waals surface area contributed by atoms with E-state index in [-0.39, 0.29) is 0 Å². The van der Waals surface area contributed by atoms with Gasteiger partial charge in [0.1, 0.15) is 0 Å². The van der Waals surface area contributed by atoms with E-state index in [0.29, 0.717) is 11.8 Å². The zero-order valence-electron chi connectivity index (χ0n) is 21.5. The van der Waals surface area contributed by atoms with Crippen molar-refractivity contribution in [1.29, 1.82) is 0 Å². The first-order valence-corrected chi connectivity index (χ1v) is 13.3. The van der Waals surface area contributed by atoms with E-state index in [0.717, 1.165) is 13.0 Å². The van der Waals surface area contributed by atoms with E-state index in [9.17, 15) is 0 Å². The molecule has 2 heterocycles. The summed E-state index contributed by atoms with van der Waals surface area (Å²) in [6.07, 6.45) is 6.18. The van der Waals surface area contributed by atoms with Crippen molar-refractivity contribution in [3.05, 3.63) is 88.5 Å². The molecule has 0 aliphatic carbocycles. The molecule has 2 heteroatoms. The molecule has 0 bridgehead atoms. The minimum Gasteiger partial charge on any atom is -0.371 e. The summed E-state index contributed by atoms with van der Waals surface area (Å²) in [7, 11) is 0. The van der Waals surface area contributed by atoms with Crippen LogP contribution in [0.5, 0.6) is 0 Å². The Kier molecular flexibility index (Phi) is 6.68. The first-order chi connectivity index (χ1) is 16.5. The third-order valence-corrected chi connectivity index (χ3v) is 7.58. The van der Waals surface area contributed by atoms with Gasteiger partial charge in [0.25, 0.3) is 0 Å². The van der Waals surface area contributed by atoms with Crippen LogP contribution in [0.25, 0.3) is 0 Å². The van der Waals surface area contributed by atoms with E-state index >= 15 is 0 Å². The van der Waals surface area contributed by atoms with Crippen LogP contribution in [-0.2, 0) is 19.3 Å². The highest BCUT2D eigenvalue weighted by atomic mass is 15.1. The molecule has 0 amide bonds. The minimum atomic E-state index is 0.520. The first-order valence-electron chi connectivity index (χ1n) is 13.3. The average molecular weight is 453 g/mol. The quantitative estimate of drug-likeness (QED) is 0.360. The summed E-state index contributed by atoms with van der Waals surface area (Å²) < 4.78 is 0. The van der Waals surface area contributed by atoms with E-state index < -0.39 is 0 Å². The van der Waals surface area contributed by atoms with Crippen LogP contribution in [0.1, 0.15) is 67.3 Å². The second-order valence-electron chi connectivity index (χ2n) is 11.0. The monoisotopic (exact) mass is 452 g/mol. The summed E-state index contributed by atoms with van der Waals surface area (Å²) in [6, 6.07) is 23.3. The highest BCUT2D eigenvalue weighted by Crippen LogP contribution is 2.38. The lowest BCUT2D eigenvalue weighted by Crippen LogP contribution is -2.34.